The van der Waals surface area contributed by atoms with E-state index in [1.54, 1.807) is 6.08 Å². The van der Waals surface area contributed by atoms with Crippen LogP contribution in [0.3, 0.4) is 0 Å². The Hall–Kier alpha value is -2.51. The maximum Gasteiger partial charge on any atom is 0.220 e. The lowest BCUT2D eigenvalue weighted by atomic mass is 9.96. The number of allylic oxidation sites excluding steroid dienone is 9. The van der Waals surface area contributed by atoms with Gasteiger partial charge in [-0.05, 0) is 64.2 Å². The molecule has 88 heavy (non-hydrogen) atoms. The minimum atomic E-state index is -1.98. The Kier molecular flexibility index (Phi) is 46.2. The van der Waals surface area contributed by atoms with Crippen molar-refractivity contribution in [2.45, 2.75) is 343 Å². The fourth-order valence-electron chi connectivity index (χ4n) is 11.5. The lowest BCUT2D eigenvalue weighted by molar-refractivity contribution is -0.379. The van der Waals surface area contributed by atoms with Gasteiger partial charge in [-0.1, -0.05) is 229 Å². The van der Waals surface area contributed by atoms with Crippen LogP contribution in [0.5, 0.6) is 0 Å². The van der Waals surface area contributed by atoms with Gasteiger partial charge in [-0.2, -0.15) is 0 Å². The van der Waals surface area contributed by atoms with Crippen molar-refractivity contribution in [3.05, 3.63) is 60.8 Å². The molecular formula is C69H123NO18. The number of nitrogens with one attached hydrogen (secondary N) is 1. The number of aliphatic hydroxyl groups is 11. The van der Waals surface area contributed by atoms with Crippen molar-refractivity contribution in [3.8, 4) is 0 Å². The molecule has 0 spiro atoms. The van der Waals surface area contributed by atoms with E-state index in [0.717, 1.165) is 83.5 Å². The first kappa shape index (κ1) is 79.7. The number of rotatable bonds is 52. The summed E-state index contributed by atoms with van der Waals surface area (Å²) in [6, 6.07) is -0.998. The lowest BCUT2D eigenvalue weighted by Crippen LogP contribution is -2.66. The third-order valence-electron chi connectivity index (χ3n) is 17.0. The molecule has 3 saturated heterocycles. The van der Waals surface area contributed by atoms with E-state index in [2.05, 4.69) is 67.8 Å². The highest BCUT2D eigenvalue weighted by Crippen LogP contribution is 2.33. The highest BCUT2D eigenvalue weighted by atomic mass is 16.8. The van der Waals surface area contributed by atoms with E-state index in [1.165, 1.54) is 122 Å². The summed E-state index contributed by atoms with van der Waals surface area (Å²) >= 11 is 0. The van der Waals surface area contributed by atoms with Gasteiger partial charge in [0.15, 0.2) is 18.9 Å². The van der Waals surface area contributed by atoms with Crippen molar-refractivity contribution in [2.24, 2.45) is 0 Å². The zero-order valence-corrected chi connectivity index (χ0v) is 53.9. The summed E-state index contributed by atoms with van der Waals surface area (Å²) in [4.78, 5) is 13.4. The molecule has 0 aromatic carbocycles. The quantitative estimate of drug-likeness (QED) is 0.0200. The molecule has 12 N–H and O–H groups in total. The number of hydrogen-bond donors (Lipinski definition) is 12. The lowest BCUT2D eigenvalue weighted by Gasteiger charge is -2.48. The predicted molar refractivity (Wildman–Crippen MR) is 342 cm³/mol. The second kappa shape index (κ2) is 51.0. The van der Waals surface area contributed by atoms with Gasteiger partial charge in [0, 0.05) is 6.42 Å². The van der Waals surface area contributed by atoms with Gasteiger partial charge in [0.2, 0.25) is 5.91 Å². The Labute approximate surface area is 528 Å². The maximum absolute atomic E-state index is 13.4. The summed E-state index contributed by atoms with van der Waals surface area (Å²) in [7, 11) is 0. The first-order valence-corrected chi connectivity index (χ1v) is 34.5. The molecule has 0 saturated carbocycles. The Balaban J connectivity index is 1.45. The van der Waals surface area contributed by atoms with Crippen LogP contribution in [0.1, 0.15) is 239 Å². The predicted octanol–water partition coefficient (Wildman–Crippen LogP) is 8.77. The number of aliphatic hydroxyl groups excluding tert-OH is 11. The second-order valence-corrected chi connectivity index (χ2v) is 24.6. The van der Waals surface area contributed by atoms with E-state index < -0.39 is 124 Å². The normalized spacial score (nSPS) is 28.8. The van der Waals surface area contributed by atoms with Crippen LogP contribution in [0, 0.1) is 0 Å². The van der Waals surface area contributed by atoms with Crippen molar-refractivity contribution in [2.75, 3.05) is 26.4 Å². The summed E-state index contributed by atoms with van der Waals surface area (Å²) in [5.41, 5.74) is 0. The maximum atomic E-state index is 13.4. The number of carbonyl (C=O) groups excluding carboxylic acids is 1. The number of amides is 1. The topological polar surface area (TPSA) is 307 Å². The van der Waals surface area contributed by atoms with Crippen molar-refractivity contribution >= 4 is 5.91 Å². The Morgan fingerprint density at radius 1 is 0.420 bits per heavy atom. The van der Waals surface area contributed by atoms with Crippen LogP contribution in [0.25, 0.3) is 0 Å². The van der Waals surface area contributed by atoms with Gasteiger partial charge < -0.3 is 89.9 Å². The van der Waals surface area contributed by atoms with Crippen molar-refractivity contribution in [3.63, 3.8) is 0 Å². The molecule has 0 aliphatic carbocycles. The summed E-state index contributed by atoms with van der Waals surface area (Å²) in [6.07, 6.45) is 34.9. The average Bonchev–Trinajstić information content (AvgIpc) is 3.72. The number of unbranched alkanes of at least 4 members (excludes halogenated alkanes) is 28. The standard InChI is InChI=1S/C69H123NO18/c1-3-5-7-9-11-13-15-17-19-21-22-23-24-25-26-27-28-29-31-32-34-36-38-40-42-44-46-53(74)52(70-57(75)47-45-43-41-39-37-35-33-30-20-18-16-14-12-10-8-6-4-2)51-83-67-63(81)60(78)65(55(49-72)85-67)88-69-64(82)61(79)66(56(50-73)86-69)87-68-62(80)59(77)58(76)54(48-71)84-68/h6,8,12,14,18,20,36,38,44,46,52-56,58-69,71-74,76-82H,3-5,7,9-11,13,15-17,19,21-35,37,39-43,45,47-51H2,1-2H3,(H,70,75)/b8-6-,14-12-,20-18-,38-36+,46-44+. The molecule has 512 valence electrons. The number of hydrogen-bond acceptors (Lipinski definition) is 18. The largest absolute Gasteiger partial charge is 0.394 e. The molecule has 3 aliphatic heterocycles. The van der Waals surface area contributed by atoms with Crippen LogP contribution in [0.4, 0.5) is 0 Å². The molecule has 19 heteroatoms. The summed E-state index contributed by atoms with van der Waals surface area (Å²) in [6.45, 7) is 1.60. The minimum Gasteiger partial charge on any atom is -0.394 e. The van der Waals surface area contributed by atoms with Gasteiger partial charge in [0.05, 0.1) is 38.6 Å². The fourth-order valence-corrected chi connectivity index (χ4v) is 11.5. The number of carbonyl (C=O) groups is 1. The minimum absolute atomic E-state index is 0.222. The molecular weight excluding hydrogens is 1130 g/mol. The molecule has 3 aliphatic rings. The van der Waals surface area contributed by atoms with E-state index in [0.29, 0.717) is 12.8 Å². The Morgan fingerprint density at radius 3 is 1.27 bits per heavy atom. The van der Waals surface area contributed by atoms with Crippen LogP contribution < -0.4 is 5.32 Å². The average molecular weight is 1250 g/mol. The van der Waals surface area contributed by atoms with Crippen molar-refractivity contribution in [1.82, 2.24) is 5.32 Å². The fraction of sp³-hybridized carbons (Fsp3) is 0.841. The molecule has 0 aromatic heterocycles. The Bertz CT molecular complexity index is 1830. The molecule has 19 nitrogen and oxygen atoms in total. The molecule has 0 aromatic rings. The monoisotopic (exact) mass is 1250 g/mol. The smallest absolute Gasteiger partial charge is 0.220 e. The van der Waals surface area contributed by atoms with Gasteiger partial charge in [-0.25, -0.2) is 0 Å². The first-order valence-electron chi connectivity index (χ1n) is 34.5. The summed E-state index contributed by atoms with van der Waals surface area (Å²) in [5, 5.41) is 120. The molecule has 0 radical (unpaired) electrons. The number of ether oxygens (including phenoxy) is 6. The van der Waals surface area contributed by atoms with Crippen LogP contribution in [-0.2, 0) is 33.2 Å². The molecule has 1 amide bonds. The summed E-state index contributed by atoms with van der Waals surface area (Å²) in [5.74, 6) is -0.296. The molecule has 17 unspecified atom stereocenters. The van der Waals surface area contributed by atoms with Gasteiger partial charge in [-0.15, -0.1) is 0 Å². The first-order chi connectivity index (χ1) is 42.8. The van der Waals surface area contributed by atoms with Crippen LogP contribution >= 0.6 is 0 Å². The van der Waals surface area contributed by atoms with E-state index in [4.69, 9.17) is 28.4 Å². The Morgan fingerprint density at radius 2 is 0.795 bits per heavy atom. The molecule has 3 heterocycles. The summed E-state index contributed by atoms with van der Waals surface area (Å²) < 4.78 is 34.3. The van der Waals surface area contributed by atoms with Gasteiger partial charge in [-0.3, -0.25) is 4.79 Å². The van der Waals surface area contributed by atoms with Crippen LogP contribution in [0.15, 0.2) is 60.8 Å². The van der Waals surface area contributed by atoms with Crippen molar-refractivity contribution in [1.29, 1.82) is 0 Å². The van der Waals surface area contributed by atoms with E-state index in [-0.39, 0.29) is 18.9 Å². The highest BCUT2D eigenvalue weighted by molar-refractivity contribution is 5.76. The molecule has 3 rings (SSSR count). The van der Waals surface area contributed by atoms with Gasteiger partial charge >= 0.3 is 0 Å². The van der Waals surface area contributed by atoms with Crippen molar-refractivity contribution < 1.29 is 89.4 Å². The second-order valence-electron chi connectivity index (χ2n) is 24.6. The van der Waals surface area contributed by atoms with E-state index >= 15 is 0 Å². The van der Waals surface area contributed by atoms with Gasteiger partial charge in [0.1, 0.15) is 73.2 Å². The third kappa shape index (κ3) is 32.9. The van der Waals surface area contributed by atoms with E-state index in [9.17, 15) is 61.0 Å². The zero-order valence-electron chi connectivity index (χ0n) is 53.9. The van der Waals surface area contributed by atoms with Gasteiger partial charge in [0.25, 0.3) is 0 Å². The molecule has 3 fully saturated rings. The SMILES string of the molecule is CC/C=C\C/C=C\C/C=C\CCCCCCCCCC(=O)NC(COC1OC(CO)C(OC2OC(CO)C(OC3OC(CO)C(O)C(O)C3O)C(O)C2O)C(O)C1O)C(O)/C=C/CC/C=C/CCCCCCCCCCCCCCCCCCCCCC. The zero-order chi connectivity index (χ0) is 64.0. The van der Waals surface area contributed by atoms with E-state index in [1.807, 2.05) is 6.08 Å². The van der Waals surface area contributed by atoms with Crippen LogP contribution in [0.2, 0.25) is 0 Å². The molecule has 0 bridgehead atoms. The highest BCUT2D eigenvalue weighted by Gasteiger charge is 2.53. The third-order valence-corrected chi connectivity index (χ3v) is 17.0. The molecule has 17 atom stereocenters. The van der Waals surface area contributed by atoms with Crippen LogP contribution in [-0.4, -0.2) is 193 Å².